The van der Waals surface area contributed by atoms with Crippen molar-refractivity contribution in [3.8, 4) is 0 Å². The quantitative estimate of drug-likeness (QED) is 0.775. The van der Waals surface area contributed by atoms with E-state index < -0.39 is 0 Å². The summed E-state index contributed by atoms with van der Waals surface area (Å²) < 4.78 is 5.47. The van der Waals surface area contributed by atoms with Crippen LogP contribution in [0.15, 0.2) is 22.2 Å². The number of nitrogens with one attached hydrogen (secondary N) is 1. The van der Waals surface area contributed by atoms with Gasteiger partial charge in [-0.3, -0.25) is 19.7 Å². The molecule has 0 saturated carbocycles. The molecule has 2 saturated heterocycles. The van der Waals surface area contributed by atoms with Gasteiger partial charge >= 0.3 is 0 Å². The maximum atomic E-state index is 12.6. The second-order valence-electron chi connectivity index (χ2n) is 6.99. The summed E-state index contributed by atoms with van der Waals surface area (Å²) in [7, 11) is 0. The van der Waals surface area contributed by atoms with Crippen LogP contribution < -0.4 is 5.32 Å². The Hall–Kier alpha value is -2.30. The number of nitrogens with zero attached hydrogens (tertiary/aromatic N) is 3. The molecule has 0 unspecified atom stereocenters. The lowest BCUT2D eigenvalue weighted by Gasteiger charge is -2.35. The second-order valence-corrected chi connectivity index (χ2v) is 8.63. The van der Waals surface area contributed by atoms with Gasteiger partial charge in [0, 0.05) is 43.5 Å². The summed E-state index contributed by atoms with van der Waals surface area (Å²) in [6.07, 6.45) is 1.59. The molecule has 0 spiro atoms. The Balaban J connectivity index is 1.25. The predicted octanol–water partition coefficient (Wildman–Crippen LogP) is 1.85. The van der Waals surface area contributed by atoms with Crippen LogP contribution in [0.4, 0.5) is 5.13 Å². The number of rotatable bonds is 5. The molecule has 29 heavy (non-hydrogen) atoms. The molecule has 0 radical (unpaired) electrons. The molecule has 2 aromatic rings. The molecule has 4 heterocycles. The fourth-order valence-electron chi connectivity index (χ4n) is 3.43. The highest BCUT2D eigenvalue weighted by molar-refractivity contribution is 7.14. The number of carbonyl (C=O) groups is 3. The smallest absolute Gasteiger partial charge is 0.258 e. The molecule has 8 nitrogen and oxygen atoms in total. The van der Waals surface area contributed by atoms with Gasteiger partial charge in [-0.2, -0.15) is 11.3 Å². The number of hydrogen-bond acceptors (Lipinski definition) is 7. The molecule has 0 bridgehead atoms. The number of amides is 3. The first kappa shape index (κ1) is 20.0. The van der Waals surface area contributed by atoms with Crippen molar-refractivity contribution in [2.45, 2.75) is 25.4 Å². The first-order chi connectivity index (χ1) is 14.1. The Bertz CT molecular complexity index is 869. The minimum atomic E-state index is -0.310. The minimum Gasteiger partial charge on any atom is -0.368 e. The molecular formula is C19H22N4O4S2. The van der Waals surface area contributed by atoms with E-state index in [0.717, 1.165) is 12.8 Å². The predicted molar refractivity (Wildman–Crippen MR) is 110 cm³/mol. The molecule has 1 N–H and O–H groups in total. The third-order valence-electron chi connectivity index (χ3n) is 5.04. The number of hydrogen-bond donors (Lipinski definition) is 1. The van der Waals surface area contributed by atoms with Crippen LogP contribution in [-0.2, 0) is 20.7 Å². The van der Waals surface area contributed by atoms with Crippen LogP contribution in [0.2, 0.25) is 0 Å². The largest absolute Gasteiger partial charge is 0.368 e. The Morgan fingerprint density at radius 3 is 2.66 bits per heavy atom. The van der Waals surface area contributed by atoms with Gasteiger partial charge in [-0.05, 0) is 24.3 Å². The Kier molecular flexibility index (Phi) is 6.22. The molecule has 2 fully saturated rings. The summed E-state index contributed by atoms with van der Waals surface area (Å²) in [5, 5.41) is 8.65. The molecular weight excluding hydrogens is 412 g/mol. The molecule has 2 aliphatic rings. The maximum absolute atomic E-state index is 12.6. The first-order valence-corrected chi connectivity index (χ1v) is 11.4. The third kappa shape index (κ3) is 4.82. The van der Waals surface area contributed by atoms with Gasteiger partial charge in [0.05, 0.1) is 17.7 Å². The first-order valence-electron chi connectivity index (χ1n) is 9.56. The van der Waals surface area contributed by atoms with Crippen molar-refractivity contribution in [2.24, 2.45) is 0 Å². The summed E-state index contributed by atoms with van der Waals surface area (Å²) in [4.78, 5) is 45.0. The van der Waals surface area contributed by atoms with Gasteiger partial charge in [-0.1, -0.05) is 0 Å². The van der Waals surface area contributed by atoms with Gasteiger partial charge in [-0.15, -0.1) is 11.3 Å². The van der Waals surface area contributed by atoms with E-state index in [0.29, 0.717) is 49.2 Å². The van der Waals surface area contributed by atoms with Crippen LogP contribution >= 0.6 is 22.7 Å². The number of aromatic nitrogens is 1. The number of thiazole rings is 1. The summed E-state index contributed by atoms with van der Waals surface area (Å²) in [5.41, 5.74) is 1.23. The van der Waals surface area contributed by atoms with Gasteiger partial charge in [0.1, 0.15) is 6.10 Å². The molecule has 10 heteroatoms. The number of piperazine rings is 1. The Labute approximate surface area is 176 Å². The van der Waals surface area contributed by atoms with E-state index >= 15 is 0 Å². The zero-order chi connectivity index (χ0) is 20.2. The highest BCUT2D eigenvalue weighted by atomic mass is 32.1. The molecule has 0 aromatic carbocycles. The van der Waals surface area contributed by atoms with E-state index in [1.807, 2.05) is 5.38 Å². The van der Waals surface area contributed by atoms with Crippen LogP contribution in [-0.4, -0.2) is 71.4 Å². The van der Waals surface area contributed by atoms with Crippen molar-refractivity contribution >= 4 is 45.5 Å². The van der Waals surface area contributed by atoms with Crippen LogP contribution in [0.25, 0.3) is 0 Å². The average molecular weight is 435 g/mol. The molecule has 2 aliphatic heterocycles. The zero-order valence-corrected chi connectivity index (χ0v) is 17.5. The normalized spacial score (nSPS) is 19.4. The number of carbonyl (C=O) groups excluding carboxylic acids is 3. The summed E-state index contributed by atoms with van der Waals surface area (Å²) in [6, 6.07) is 1.75. The van der Waals surface area contributed by atoms with E-state index in [4.69, 9.17) is 4.74 Å². The topological polar surface area (TPSA) is 91.8 Å². The van der Waals surface area contributed by atoms with Gasteiger partial charge in [0.2, 0.25) is 5.91 Å². The van der Waals surface area contributed by atoms with Crippen LogP contribution in [0.5, 0.6) is 0 Å². The van der Waals surface area contributed by atoms with Gasteiger partial charge in [0.25, 0.3) is 11.8 Å². The van der Waals surface area contributed by atoms with Crippen molar-refractivity contribution in [3.05, 3.63) is 33.5 Å². The molecule has 0 aliphatic carbocycles. The van der Waals surface area contributed by atoms with Crippen molar-refractivity contribution in [1.82, 2.24) is 14.8 Å². The van der Waals surface area contributed by atoms with E-state index in [1.165, 1.54) is 22.7 Å². The van der Waals surface area contributed by atoms with Crippen LogP contribution in [0, 0.1) is 0 Å². The maximum Gasteiger partial charge on any atom is 0.258 e. The SMILES string of the molecule is O=C(Nc1nc(CC(=O)N2CCN(C(=O)[C@@H]3CCCO3)CC2)cs1)c1ccsc1. The highest BCUT2D eigenvalue weighted by Gasteiger charge is 2.31. The third-order valence-corrected chi connectivity index (χ3v) is 6.53. The standard InChI is InChI=1S/C19H22N4O4S2/c24-16(22-4-6-23(7-5-22)18(26)15-2-1-8-27-15)10-14-12-29-19(20-14)21-17(25)13-3-9-28-11-13/h3,9,11-12,15H,1-2,4-8,10H2,(H,20,21,25)/t15-/m0/s1. The van der Waals surface area contributed by atoms with Crippen molar-refractivity contribution < 1.29 is 19.1 Å². The van der Waals surface area contributed by atoms with Crippen molar-refractivity contribution in [1.29, 1.82) is 0 Å². The second kappa shape index (κ2) is 9.02. The summed E-state index contributed by atoms with van der Waals surface area (Å²) in [6.45, 7) is 2.75. The van der Waals surface area contributed by atoms with Crippen molar-refractivity contribution in [2.75, 3.05) is 38.1 Å². The number of anilines is 1. The Morgan fingerprint density at radius 1 is 1.17 bits per heavy atom. The van der Waals surface area contributed by atoms with E-state index in [9.17, 15) is 14.4 Å². The fourth-order valence-corrected chi connectivity index (χ4v) is 4.77. The summed E-state index contributed by atoms with van der Waals surface area (Å²) >= 11 is 2.76. The van der Waals surface area contributed by atoms with E-state index in [2.05, 4.69) is 10.3 Å². The minimum absolute atomic E-state index is 0.0183. The van der Waals surface area contributed by atoms with Gasteiger partial charge < -0.3 is 14.5 Å². The van der Waals surface area contributed by atoms with E-state index in [1.54, 1.807) is 26.6 Å². The molecule has 3 amide bonds. The van der Waals surface area contributed by atoms with Gasteiger partial charge in [0.15, 0.2) is 5.13 Å². The molecule has 154 valence electrons. The lowest BCUT2D eigenvalue weighted by molar-refractivity contribution is -0.145. The monoisotopic (exact) mass is 434 g/mol. The molecule has 1 atom stereocenters. The number of thiophene rings is 1. The summed E-state index contributed by atoms with van der Waals surface area (Å²) in [5.74, 6) is -0.180. The van der Waals surface area contributed by atoms with Crippen LogP contribution in [0.1, 0.15) is 28.9 Å². The Morgan fingerprint density at radius 2 is 1.97 bits per heavy atom. The van der Waals surface area contributed by atoms with Gasteiger partial charge in [-0.25, -0.2) is 4.98 Å². The highest BCUT2D eigenvalue weighted by Crippen LogP contribution is 2.19. The fraction of sp³-hybridized carbons (Fsp3) is 0.474. The molecule has 4 rings (SSSR count). The van der Waals surface area contributed by atoms with E-state index in [-0.39, 0.29) is 30.2 Å². The number of ether oxygens (including phenoxy) is 1. The molecule has 2 aromatic heterocycles. The lowest BCUT2D eigenvalue weighted by atomic mass is 10.2. The van der Waals surface area contributed by atoms with Crippen molar-refractivity contribution in [3.63, 3.8) is 0 Å². The average Bonchev–Trinajstić information content (AvgIpc) is 3.50. The lowest BCUT2D eigenvalue weighted by Crippen LogP contribution is -2.53. The zero-order valence-electron chi connectivity index (χ0n) is 15.8. The van der Waals surface area contributed by atoms with Crippen LogP contribution in [0.3, 0.4) is 0 Å².